The number of hydrogen-bond donors (Lipinski definition) is 0. The van der Waals surface area contributed by atoms with Gasteiger partial charge in [0.1, 0.15) is 5.78 Å². The van der Waals surface area contributed by atoms with Crippen LogP contribution in [0.1, 0.15) is 13.8 Å². The van der Waals surface area contributed by atoms with Crippen LogP contribution in [0, 0.1) is 10.1 Å². The number of nitrogens with zero attached hydrogens (tertiary/aromatic N) is 1. The van der Waals surface area contributed by atoms with Crippen LogP contribution in [0.5, 0.6) is 0 Å². The lowest BCUT2D eigenvalue weighted by molar-refractivity contribution is -0.445. The summed E-state index contributed by atoms with van der Waals surface area (Å²) < 4.78 is 0. The van der Waals surface area contributed by atoms with Gasteiger partial charge in [0.05, 0.1) is 0 Å². The molecule has 0 amide bonds. The molecule has 0 aromatic heterocycles. The van der Waals surface area contributed by atoms with Crippen LogP contribution < -0.4 is 0 Å². The molecular formula is C4H9NO3. The molecule has 0 atom stereocenters. The van der Waals surface area contributed by atoms with E-state index >= 15 is 0 Å². The van der Waals surface area contributed by atoms with E-state index in [1.165, 1.54) is 13.8 Å². The number of Topliss-reactive ketones (excluding diaryl/α,β-unsaturated/α-hetero) is 1. The van der Waals surface area contributed by atoms with Crippen molar-refractivity contribution in [3.63, 3.8) is 0 Å². The third-order valence-electron chi connectivity index (χ3n) is 0. The average Bonchev–Trinajstić information content (AvgIpc) is 1.25. The summed E-state index contributed by atoms with van der Waals surface area (Å²) in [5.74, 6) is 0.167. The molecule has 0 aliphatic heterocycles. The fourth-order valence-electron chi connectivity index (χ4n) is 0. The van der Waals surface area contributed by atoms with Gasteiger partial charge in [0.15, 0.2) is 7.05 Å². The van der Waals surface area contributed by atoms with Crippen molar-refractivity contribution in [1.82, 2.24) is 0 Å². The molecule has 0 aromatic carbocycles. The van der Waals surface area contributed by atoms with Gasteiger partial charge in [-0.05, 0) is 13.8 Å². The quantitative estimate of drug-likeness (QED) is 0.344. The molecule has 0 spiro atoms. The summed E-state index contributed by atoms with van der Waals surface area (Å²) in [6, 6.07) is 0. The molecule has 4 nitrogen and oxygen atoms in total. The molecular weight excluding hydrogens is 110 g/mol. The standard InChI is InChI=1S/C3H6O.CH3NO2/c1-3(2)4;1-2(3)4/h1-2H3;1H3. The van der Waals surface area contributed by atoms with Gasteiger partial charge in [0.2, 0.25) is 0 Å². The topological polar surface area (TPSA) is 60.2 Å². The van der Waals surface area contributed by atoms with Crippen LogP contribution in [0.3, 0.4) is 0 Å². The van der Waals surface area contributed by atoms with Crippen LogP contribution in [0.25, 0.3) is 0 Å². The molecule has 0 heterocycles. The lowest BCUT2D eigenvalue weighted by Gasteiger charge is -1.63. The summed E-state index contributed by atoms with van der Waals surface area (Å²) in [6.45, 7) is 3.06. The second kappa shape index (κ2) is 6.07. The third-order valence-corrected chi connectivity index (χ3v) is 0. The molecule has 4 heteroatoms. The molecule has 0 aliphatic carbocycles. The van der Waals surface area contributed by atoms with E-state index in [9.17, 15) is 4.79 Å². The van der Waals surface area contributed by atoms with Crippen LogP contribution in [0.2, 0.25) is 0 Å². The average molecular weight is 119 g/mol. The van der Waals surface area contributed by atoms with Crippen LogP contribution in [-0.4, -0.2) is 17.8 Å². The van der Waals surface area contributed by atoms with Crippen molar-refractivity contribution >= 4 is 5.78 Å². The van der Waals surface area contributed by atoms with Crippen molar-refractivity contribution in [1.29, 1.82) is 0 Å². The lowest BCUT2D eigenvalue weighted by atomic mass is 10.6. The largest absolute Gasteiger partial charge is 0.300 e. The smallest absolute Gasteiger partial charge is 0.194 e. The maximum absolute atomic E-state index is 9.44. The molecule has 0 radical (unpaired) electrons. The number of carbonyl (C=O) groups is 1. The Balaban J connectivity index is 0. The van der Waals surface area contributed by atoms with Gasteiger partial charge in [-0.25, -0.2) is 0 Å². The Labute approximate surface area is 47.7 Å². The summed E-state index contributed by atoms with van der Waals surface area (Å²) in [5, 5.41) is 8.81. The summed E-state index contributed by atoms with van der Waals surface area (Å²) in [7, 11) is 0.889. The van der Waals surface area contributed by atoms with E-state index in [-0.39, 0.29) is 5.78 Å². The first-order valence-electron chi connectivity index (χ1n) is 2.02. The Bertz CT molecular complexity index is 69.3. The van der Waals surface area contributed by atoms with Gasteiger partial charge in [-0.3, -0.25) is 10.1 Å². The number of ketones is 1. The fourth-order valence-corrected chi connectivity index (χ4v) is 0. The van der Waals surface area contributed by atoms with E-state index in [0.29, 0.717) is 0 Å². The van der Waals surface area contributed by atoms with E-state index in [0.717, 1.165) is 7.05 Å². The van der Waals surface area contributed by atoms with Crippen LogP contribution in [0.15, 0.2) is 0 Å². The molecule has 0 aromatic rings. The van der Waals surface area contributed by atoms with Crippen molar-refractivity contribution in [3.05, 3.63) is 10.1 Å². The molecule has 0 saturated carbocycles. The minimum Gasteiger partial charge on any atom is -0.300 e. The molecule has 0 rings (SSSR count). The number of hydrogen-bond acceptors (Lipinski definition) is 3. The van der Waals surface area contributed by atoms with E-state index in [2.05, 4.69) is 0 Å². The highest BCUT2D eigenvalue weighted by atomic mass is 16.6. The van der Waals surface area contributed by atoms with Gasteiger partial charge >= 0.3 is 0 Å². The van der Waals surface area contributed by atoms with Crippen molar-refractivity contribution in [2.75, 3.05) is 7.05 Å². The van der Waals surface area contributed by atoms with Gasteiger partial charge in [0.25, 0.3) is 0 Å². The van der Waals surface area contributed by atoms with Crippen molar-refractivity contribution < 1.29 is 9.72 Å². The summed E-state index contributed by atoms with van der Waals surface area (Å²) >= 11 is 0. The zero-order valence-electron chi connectivity index (χ0n) is 5.17. The minimum absolute atomic E-state index is 0.167. The van der Waals surface area contributed by atoms with Crippen LogP contribution >= 0.6 is 0 Å². The Hall–Kier alpha value is -0.930. The normalized spacial score (nSPS) is 6.38. The molecule has 48 valence electrons. The van der Waals surface area contributed by atoms with Crippen molar-refractivity contribution in [2.24, 2.45) is 0 Å². The van der Waals surface area contributed by atoms with Crippen molar-refractivity contribution in [2.45, 2.75) is 13.8 Å². The Morgan fingerprint density at radius 1 is 1.50 bits per heavy atom. The van der Waals surface area contributed by atoms with Gasteiger partial charge in [-0.1, -0.05) is 0 Å². The fraction of sp³-hybridized carbons (Fsp3) is 0.750. The predicted octanol–water partition coefficient (Wildman–Crippen LogP) is 0.488. The molecule has 8 heavy (non-hydrogen) atoms. The molecule has 0 unspecified atom stereocenters. The highest BCUT2D eigenvalue weighted by Gasteiger charge is 1.62. The third kappa shape index (κ3) is 97.1. The number of nitro groups is 1. The van der Waals surface area contributed by atoms with Gasteiger partial charge in [-0.15, -0.1) is 0 Å². The second-order valence-electron chi connectivity index (χ2n) is 1.35. The summed E-state index contributed by atoms with van der Waals surface area (Å²) in [6.07, 6.45) is 0. The number of rotatable bonds is 0. The maximum atomic E-state index is 9.44. The molecule has 0 aliphatic rings. The second-order valence-corrected chi connectivity index (χ2v) is 1.35. The predicted molar refractivity (Wildman–Crippen MR) is 29.3 cm³/mol. The number of carbonyl (C=O) groups excluding carboxylic acids is 1. The zero-order valence-corrected chi connectivity index (χ0v) is 5.17. The maximum Gasteiger partial charge on any atom is 0.194 e. The zero-order chi connectivity index (χ0) is 7.15. The van der Waals surface area contributed by atoms with E-state index in [1.54, 1.807) is 0 Å². The van der Waals surface area contributed by atoms with E-state index in [1.807, 2.05) is 0 Å². The highest BCUT2D eigenvalue weighted by molar-refractivity contribution is 5.72. The SMILES string of the molecule is CC(C)=O.C[N+](=O)[O-]. The van der Waals surface area contributed by atoms with Crippen molar-refractivity contribution in [3.8, 4) is 0 Å². The Morgan fingerprint density at radius 3 is 1.50 bits per heavy atom. The highest BCUT2D eigenvalue weighted by Crippen LogP contribution is 1.50. The molecule has 0 bridgehead atoms. The summed E-state index contributed by atoms with van der Waals surface area (Å²) in [4.78, 5) is 17.8. The minimum atomic E-state index is -0.500. The first-order valence-corrected chi connectivity index (χ1v) is 2.02. The first-order chi connectivity index (χ1) is 3.46. The van der Waals surface area contributed by atoms with Gasteiger partial charge in [0, 0.05) is 4.92 Å². The monoisotopic (exact) mass is 119 g/mol. The first kappa shape index (κ1) is 10.1. The van der Waals surface area contributed by atoms with E-state index < -0.39 is 4.92 Å². The van der Waals surface area contributed by atoms with Crippen LogP contribution in [-0.2, 0) is 4.79 Å². The lowest BCUT2D eigenvalue weighted by Crippen LogP contribution is -1.79. The summed E-state index contributed by atoms with van der Waals surface area (Å²) in [5.41, 5.74) is 0. The van der Waals surface area contributed by atoms with Gasteiger partial charge < -0.3 is 4.79 Å². The van der Waals surface area contributed by atoms with Gasteiger partial charge in [-0.2, -0.15) is 0 Å². The Kier molecular flexibility index (Phi) is 7.69. The van der Waals surface area contributed by atoms with E-state index in [4.69, 9.17) is 10.1 Å². The molecule has 0 saturated heterocycles. The Morgan fingerprint density at radius 2 is 1.50 bits per heavy atom. The van der Waals surface area contributed by atoms with Crippen LogP contribution in [0.4, 0.5) is 0 Å². The molecule has 0 fully saturated rings. The molecule has 0 N–H and O–H groups in total.